The molecule has 0 rings (SSSR count). The number of β-amino-alcohol motifs (C(OH)–C–C–N with tert-alkyl or cyclic N) is 1. The van der Waals surface area contributed by atoms with E-state index < -0.39 is 6.10 Å². The van der Waals surface area contributed by atoms with E-state index in [1.807, 2.05) is 13.8 Å². The van der Waals surface area contributed by atoms with Gasteiger partial charge in [-0.1, -0.05) is 13.8 Å². The first-order valence-electron chi connectivity index (χ1n) is 5.99. The van der Waals surface area contributed by atoms with Crippen molar-refractivity contribution in [2.24, 2.45) is 5.92 Å². The maximum absolute atomic E-state index is 9.64. The number of aliphatic hydroxyl groups excluding tert-OH is 2. The minimum absolute atomic E-state index is 0.145. The molecule has 0 aliphatic carbocycles. The molecule has 0 radical (unpaired) electrons. The third-order valence-electron chi connectivity index (χ3n) is 2.31. The molecule has 0 aliphatic heterocycles. The van der Waals surface area contributed by atoms with Crippen LogP contribution in [0.2, 0.25) is 0 Å². The molecule has 0 heterocycles. The smallest absolute Gasteiger partial charge is 0.0897 e. The van der Waals surface area contributed by atoms with Gasteiger partial charge in [-0.3, -0.25) is 0 Å². The van der Waals surface area contributed by atoms with E-state index in [9.17, 15) is 5.11 Å². The van der Waals surface area contributed by atoms with Gasteiger partial charge in [0.2, 0.25) is 0 Å². The minimum Gasteiger partial charge on any atom is -0.396 e. The molecule has 0 aromatic carbocycles. The Balaban J connectivity index is 3.60. The van der Waals surface area contributed by atoms with Gasteiger partial charge in [-0.15, -0.1) is 0 Å². The fourth-order valence-electron chi connectivity index (χ4n) is 1.26. The van der Waals surface area contributed by atoms with E-state index in [1.54, 1.807) is 0 Å². The van der Waals surface area contributed by atoms with Crippen LogP contribution in [-0.2, 0) is 4.74 Å². The Bertz CT molecular complexity index is 172. The molecule has 0 bridgehead atoms. The maximum Gasteiger partial charge on any atom is 0.0897 e. The summed E-state index contributed by atoms with van der Waals surface area (Å²) in [7, 11) is 0. The molecule has 0 aliphatic rings. The largest absolute Gasteiger partial charge is 0.396 e. The summed E-state index contributed by atoms with van der Waals surface area (Å²) in [5.41, 5.74) is -0.145. The first-order valence-corrected chi connectivity index (χ1v) is 5.99. The average Bonchev–Trinajstić information content (AvgIpc) is 2.14. The van der Waals surface area contributed by atoms with Crippen LogP contribution in [0.4, 0.5) is 0 Å². The number of nitrogens with one attached hydrogen (secondary N) is 1. The first-order chi connectivity index (χ1) is 7.37. The Morgan fingerprint density at radius 3 is 2.38 bits per heavy atom. The number of aliphatic hydroxyl groups is 2. The summed E-state index contributed by atoms with van der Waals surface area (Å²) in [6.07, 6.45) is 0.184. The van der Waals surface area contributed by atoms with Gasteiger partial charge in [0.05, 0.1) is 12.7 Å². The van der Waals surface area contributed by atoms with Crippen molar-refractivity contribution in [3.8, 4) is 0 Å². The number of hydrogen-bond acceptors (Lipinski definition) is 4. The van der Waals surface area contributed by atoms with Crippen molar-refractivity contribution < 1.29 is 14.9 Å². The zero-order valence-electron chi connectivity index (χ0n) is 11.0. The van der Waals surface area contributed by atoms with Crippen LogP contribution in [0.1, 0.15) is 34.1 Å². The monoisotopic (exact) mass is 233 g/mol. The van der Waals surface area contributed by atoms with E-state index >= 15 is 0 Å². The highest BCUT2D eigenvalue weighted by Gasteiger charge is 2.17. The fourth-order valence-corrected chi connectivity index (χ4v) is 1.26. The third-order valence-corrected chi connectivity index (χ3v) is 2.31. The van der Waals surface area contributed by atoms with Gasteiger partial charge in [0.15, 0.2) is 0 Å². The molecule has 4 nitrogen and oxygen atoms in total. The topological polar surface area (TPSA) is 61.7 Å². The lowest BCUT2D eigenvalue weighted by Gasteiger charge is -2.27. The van der Waals surface area contributed by atoms with Crippen molar-refractivity contribution >= 4 is 0 Å². The molecule has 0 saturated carbocycles. The van der Waals surface area contributed by atoms with Gasteiger partial charge in [-0.25, -0.2) is 0 Å². The summed E-state index contributed by atoms with van der Waals surface area (Å²) in [5, 5.41) is 21.7. The van der Waals surface area contributed by atoms with Crippen LogP contribution in [0.5, 0.6) is 0 Å². The van der Waals surface area contributed by atoms with Gasteiger partial charge in [-0.05, 0) is 26.2 Å². The molecule has 1 unspecified atom stereocenters. The van der Waals surface area contributed by atoms with Crippen molar-refractivity contribution in [2.75, 3.05) is 26.4 Å². The van der Waals surface area contributed by atoms with Crippen LogP contribution in [0, 0.1) is 5.92 Å². The van der Waals surface area contributed by atoms with Gasteiger partial charge < -0.3 is 20.3 Å². The number of ether oxygens (including phenoxy) is 1. The van der Waals surface area contributed by atoms with E-state index in [-0.39, 0.29) is 12.1 Å². The molecule has 3 N–H and O–H groups in total. The standard InChI is InChI=1S/C12H27NO3/c1-10(2)8-16-9-11(15)7-13-12(3,4)5-6-14/h10-11,13-15H,5-9H2,1-4H3. The molecule has 16 heavy (non-hydrogen) atoms. The predicted octanol–water partition coefficient (Wildman–Crippen LogP) is 0.770. The molecule has 0 aromatic heterocycles. The van der Waals surface area contributed by atoms with Crippen LogP contribution >= 0.6 is 0 Å². The van der Waals surface area contributed by atoms with Crippen LogP contribution in [0.3, 0.4) is 0 Å². The highest BCUT2D eigenvalue weighted by atomic mass is 16.5. The predicted molar refractivity (Wildman–Crippen MR) is 65.4 cm³/mol. The van der Waals surface area contributed by atoms with Gasteiger partial charge in [0.25, 0.3) is 0 Å². The highest BCUT2D eigenvalue weighted by molar-refractivity contribution is 4.78. The van der Waals surface area contributed by atoms with Crippen molar-refractivity contribution in [1.82, 2.24) is 5.32 Å². The Morgan fingerprint density at radius 2 is 1.88 bits per heavy atom. The summed E-state index contributed by atoms with van der Waals surface area (Å²) in [5.74, 6) is 0.492. The highest BCUT2D eigenvalue weighted by Crippen LogP contribution is 2.06. The van der Waals surface area contributed by atoms with Gasteiger partial charge in [0.1, 0.15) is 0 Å². The molecule has 0 saturated heterocycles. The molecule has 4 heteroatoms. The van der Waals surface area contributed by atoms with Crippen LogP contribution in [0.25, 0.3) is 0 Å². The zero-order chi connectivity index (χ0) is 12.6. The first kappa shape index (κ1) is 15.8. The molecule has 0 aromatic rings. The normalized spacial score (nSPS) is 14.4. The average molecular weight is 233 g/mol. The van der Waals surface area contributed by atoms with Gasteiger partial charge in [-0.2, -0.15) is 0 Å². The fraction of sp³-hybridized carbons (Fsp3) is 1.00. The van der Waals surface area contributed by atoms with Crippen molar-refractivity contribution in [1.29, 1.82) is 0 Å². The lowest BCUT2D eigenvalue weighted by atomic mass is 10.0. The summed E-state index contributed by atoms with van der Waals surface area (Å²) < 4.78 is 5.34. The van der Waals surface area contributed by atoms with Crippen LogP contribution < -0.4 is 5.32 Å². The van der Waals surface area contributed by atoms with E-state index in [2.05, 4.69) is 19.2 Å². The zero-order valence-corrected chi connectivity index (χ0v) is 11.0. The quantitative estimate of drug-likeness (QED) is 0.550. The number of rotatable bonds is 9. The van der Waals surface area contributed by atoms with E-state index in [1.165, 1.54) is 0 Å². The molecular formula is C12H27NO3. The molecular weight excluding hydrogens is 206 g/mol. The van der Waals surface area contributed by atoms with Crippen molar-refractivity contribution in [3.05, 3.63) is 0 Å². The maximum atomic E-state index is 9.64. The van der Waals surface area contributed by atoms with Crippen LogP contribution in [0.15, 0.2) is 0 Å². The lowest BCUT2D eigenvalue weighted by Crippen LogP contribution is -2.45. The van der Waals surface area contributed by atoms with Gasteiger partial charge in [0, 0.05) is 25.3 Å². The summed E-state index contributed by atoms with van der Waals surface area (Å²) in [6, 6.07) is 0. The van der Waals surface area contributed by atoms with Gasteiger partial charge >= 0.3 is 0 Å². The molecule has 98 valence electrons. The minimum atomic E-state index is -0.489. The lowest BCUT2D eigenvalue weighted by molar-refractivity contribution is 0.0225. The Morgan fingerprint density at radius 1 is 1.25 bits per heavy atom. The summed E-state index contributed by atoms with van der Waals surface area (Å²) in [6.45, 7) is 9.85. The molecule has 0 spiro atoms. The van der Waals surface area contributed by atoms with Crippen molar-refractivity contribution in [2.45, 2.75) is 45.8 Å². The van der Waals surface area contributed by atoms with Crippen molar-refractivity contribution in [3.63, 3.8) is 0 Å². The van der Waals surface area contributed by atoms with Crippen LogP contribution in [-0.4, -0.2) is 48.2 Å². The molecule has 0 amide bonds. The summed E-state index contributed by atoms with van der Waals surface area (Å²) >= 11 is 0. The second-order valence-electron chi connectivity index (χ2n) is 5.32. The number of hydrogen-bond donors (Lipinski definition) is 3. The summed E-state index contributed by atoms with van der Waals surface area (Å²) in [4.78, 5) is 0. The molecule has 0 fully saturated rings. The Hall–Kier alpha value is -0.160. The Labute approximate surface area is 99.0 Å². The van der Waals surface area contributed by atoms with E-state index in [4.69, 9.17) is 9.84 Å². The van der Waals surface area contributed by atoms with E-state index in [0.29, 0.717) is 32.1 Å². The Kier molecular flexibility index (Phi) is 7.93. The molecule has 1 atom stereocenters. The second kappa shape index (κ2) is 8.01. The van der Waals surface area contributed by atoms with E-state index in [0.717, 1.165) is 0 Å². The SMILES string of the molecule is CC(C)COCC(O)CNC(C)(C)CCO. The third kappa shape index (κ3) is 9.09. The second-order valence-corrected chi connectivity index (χ2v) is 5.32.